The number of aliphatic hydroxyl groups excluding tert-OH is 1. The topological polar surface area (TPSA) is 149 Å². The van der Waals surface area contributed by atoms with Crippen molar-refractivity contribution in [2.45, 2.75) is 39.5 Å². The van der Waals surface area contributed by atoms with E-state index in [-0.39, 0.29) is 12.2 Å². The molecule has 0 aromatic heterocycles. The first kappa shape index (κ1) is 30.1. The van der Waals surface area contributed by atoms with Gasteiger partial charge in [0.05, 0.1) is 45.3 Å². The molecule has 216 valence electrons. The molecule has 1 aliphatic rings. The summed E-state index contributed by atoms with van der Waals surface area (Å²) < 4.78 is 27.4. The Hall–Kier alpha value is -4.45. The lowest BCUT2D eigenvalue weighted by molar-refractivity contribution is -0.136. The summed E-state index contributed by atoms with van der Waals surface area (Å²) in [6.45, 7) is 6.26. The molecule has 0 saturated carbocycles. The van der Waals surface area contributed by atoms with Gasteiger partial charge in [-0.1, -0.05) is 13.0 Å². The highest BCUT2D eigenvalue weighted by Crippen LogP contribution is 2.35. The molecular weight excluding hydrogens is 520 g/mol. The SMILES string of the molecule is CCCOc1ccc(/C=N\N[C@@H](O)COc2ccc([C@@H]3NC(=O)NC(C)=C3C(=O)OC)cc2OCC)cc1OC. The molecule has 2 atom stereocenters. The molecule has 1 aliphatic heterocycles. The molecular formula is C28H36N4O8. The van der Waals surface area contributed by atoms with Crippen LogP contribution in [0.1, 0.15) is 44.4 Å². The molecule has 0 unspecified atom stereocenters. The number of carbonyl (C=O) groups is 2. The second kappa shape index (κ2) is 14.6. The third-order valence-corrected chi connectivity index (χ3v) is 5.76. The maximum atomic E-state index is 12.4. The zero-order valence-electron chi connectivity index (χ0n) is 23.3. The predicted octanol–water partition coefficient (Wildman–Crippen LogP) is 3.00. The predicted molar refractivity (Wildman–Crippen MR) is 148 cm³/mol. The van der Waals surface area contributed by atoms with Gasteiger partial charge in [0.1, 0.15) is 6.61 Å². The van der Waals surface area contributed by atoms with Crippen LogP contribution in [0.3, 0.4) is 0 Å². The number of benzene rings is 2. The van der Waals surface area contributed by atoms with Crippen LogP contribution < -0.4 is 35.0 Å². The number of urea groups is 1. The number of ether oxygens (including phenoxy) is 5. The maximum Gasteiger partial charge on any atom is 0.337 e. The second-order valence-corrected chi connectivity index (χ2v) is 8.67. The van der Waals surface area contributed by atoms with E-state index in [1.165, 1.54) is 13.3 Å². The van der Waals surface area contributed by atoms with Crippen LogP contribution in [-0.4, -0.2) is 63.6 Å². The summed E-state index contributed by atoms with van der Waals surface area (Å²) in [4.78, 5) is 24.5. The van der Waals surface area contributed by atoms with Gasteiger partial charge in [0.25, 0.3) is 0 Å². The quantitative estimate of drug-likeness (QED) is 0.119. The number of rotatable bonds is 14. The van der Waals surface area contributed by atoms with E-state index in [2.05, 4.69) is 21.2 Å². The van der Waals surface area contributed by atoms with Gasteiger partial charge in [-0.3, -0.25) is 5.43 Å². The van der Waals surface area contributed by atoms with E-state index in [4.69, 9.17) is 23.7 Å². The molecule has 0 saturated heterocycles. The molecule has 0 aliphatic carbocycles. The molecule has 4 N–H and O–H groups in total. The Kier molecular flexibility index (Phi) is 11.0. The largest absolute Gasteiger partial charge is 0.493 e. The van der Waals surface area contributed by atoms with Gasteiger partial charge >= 0.3 is 12.0 Å². The summed E-state index contributed by atoms with van der Waals surface area (Å²) >= 11 is 0. The highest BCUT2D eigenvalue weighted by molar-refractivity contribution is 5.95. The van der Waals surface area contributed by atoms with Crippen LogP contribution in [0.25, 0.3) is 0 Å². The smallest absolute Gasteiger partial charge is 0.337 e. The summed E-state index contributed by atoms with van der Waals surface area (Å²) in [5, 5.41) is 19.7. The number of nitrogens with zero attached hydrogens (tertiary/aromatic N) is 1. The fraction of sp³-hybridized carbons (Fsp3) is 0.393. The van der Waals surface area contributed by atoms with Crippen molar-refractivity contribution in [2.75, 3.05) is 34.0 Å². The zero-order chi connectivity index (χ0) is 29.1. The standard InChI is InChI=1S/C28H36N4O8/c1-6-12-39-20-10-8-18(13-22(20)36-4)15-29-32-24(33)16-40-21-11-9-19(14-23(21)38-7-2)26-25(27(34)37-5)17(3)30-28(35)31-26/h8-11,13-15,24,26,32-33H,6-7,12,16H2,1-5H3,(H2,30,31,35)/b29-15-/t24-,26-/m0/s1. The minimum absolute atomic E-state index is 0.139. The average molecular weight is 557 g/mol. The van der Waals surface area contributed by atoms with Gasteiger partial charge in [-0.05, 0) is 61.7 Å². The van der Waals surface area contributed by atoms with Gasteiger partial charge < -0.3 is 39.4 Å². The van der Waals surface area contributed by atoms with Crippen molar-refractivity contribution in [3.8, 4) is 23.0 Å². The fourth-order valence-corrected chi connectivity index (χ4v) is 3.92. The third-order valence-electron chi connectivity index (χ3n) is 5.76. The Labute approximate surface area is 233 Å². The van der Waals surface area contributed by atoms with Crippen LogP contribution in [-0.2, 0) is 9.53 Å². The van der Waals surface area contributed by atoms with Gasteiger partial charge in [-0.25, -0.2) is 9.59 Å². The van der Waals surface area contributed by atoms with E-state index in [9.17, 15) is 14.7 Å². The van der Waals surface area contributed by atoms with Crippen LogP contribution in [0, 0.1) is 0 Å². The van der Waals surface area contributed by atoms with Crippen LogP contribution in [0.2, 0.25) is 0 Å². The number of hydrogen-bond donors (Lipinski definition) is 4. The van der Waals surface area contributed by atoms with Gasteiger partial charge in [0.15, 0.2) is 29.2 Å². The van der Waals surface area contributed by atoms with Crippen LogP contribution >= 0.6 is 0 Å². The normalized spacial score (nSPS) is 15.7. The molecule has 2 aromatic carbocycles. The first-order chi connectivity index (χ1) is 19.3. The number of aliphatic hydroxyl groups is 1. The number of esters is 1. The van der Waals surface area contributed by atoms with Gasteiger partial charge in [-0.2, -0.15) is 5.10 Å². The number of amides is 2. The number of nitrogens with one attached hydrogen (secondary N) is 3. The lowest BCUT2D eigenvalue weighted by Gasteiger charge is -2.28. The fourth-order valence-electron chi connectivity index (χ4n) is 3.92. The van der Waals surface area contributed by atoms with Crippen molar-refractivity contribution in [2.24, 2.45) is 5.10 Å². The summed E-state index contributed by atoms with van der Waals surface area (Å²) in [6.07, 6.45) is 1.30. The van der Waals surface area contributed by atoms with Crippen LogP contribution in [0.15, 0.2) is 52.8 Å². The summed E-state index contributed by atoms with van der Waals surface area (Å²) in [6, 6.07) is 9.23. The van der Waals surface area contributed by atoms with E-state index >= 15 is 0 Å². The molecule has 0 radical (unpaired) electrons. The highest BCUT2D eigenvalue weighted by Gasteiger charge is 2.32. The first-order valence-electron chi connectivity index (χ1n) is 12.8. The first-order valence-corrected chi connectivity index (χ1v) is 12.8. The minimum atomic E-state index is -1.13. The average Bonchev–Trinajstić information content (AvgIpc) is 2.95. The molecule has 2 amide bonds. The lowest BCUT2D eigenvalue weighted by atomic mass is 9.95. The Bertz CT molecular complexity index is 1250. The Morgan fingerprint density at radius 2 is 1.82 bits per heavy atom. The van der Waals surface area contributed by atoms with Crippen molar-refractivity contribution < 1.29 is 38.4 Å². The molecule has 12 heteroatoms. The third kappa shape index (κ3) is 7.79. The van der Waals surface area contributed by atoms with E-state index in [1.54, 1.807) is 44.4 Å². The van der Waals surface area contributed by atoms with Crippen molar-refractivity contribution in [3.05, 3.63) is 58.8 Å². The van der Waals surface area contributed by atoms with Gasteiger partial charge in [0, 0.05) is 5.70 Å². The number of hydrazone groups is 1. The van der Waals surface area contributed by atoms with E-state index in [0.29, 0.717) is 47.5 Å². The monoisotopic (exact) mass is 556 g/mol. The van der Waals surface area contributed by atoms with E-state index in [0.717, 1.165) is 12.0 Å². The van der Waals surface area contributed by atoms with E-state index < -0.39 is 24.3 Å². The molecule has 0 spiro atoms. The number of carbonyl (C=O) groups excluding carboxylic acids is 2. The van der Waals surface area contributed by atoms with Gasteiger partial charge in [0.2, 0.25) is 0 Å². The molecule has 0 fully saturated rings. The van der Waals surface area contributed by atoms with E-state index in [1.807, 2.05) is 19.9 Å². The molecule has 2 aromatic rings. The van der Waals surface area contributed by atoms with Crippen LogP contribution in [0.5, 0.6) is 23.0 Å². The van der Waals surface area contributed by atoms with Crippen molar-refractivity contribution in [1.29, 1.82) is 0 Å². The summed E-state index contributed by atoms with van der Waals surface area (Å²) in [5.41, 5.74) is 4.62. The Morgan fingerprint density at radius 1 is 1.07 bits per heavy atom. The molecule has 1 heterocycles. The summed E-state index contributed by atoms with van der Waals surface area (Å²) in [5.74, 6) is 1.41. The highest BCUT2D eigenvalue weighted by atomic mass is 16.5. The molecule has 0 bridgehead atoms. The van der Waals surface area contributed by atoms with Crippen molar-refractivity contribution >= 4 is 18.2 Å². The van der Waals surface area contributed by atoms with Gasteiger partial charge in [-0.15, -0.1) is 0 Å². The molecule has 12 nitrogen and oxygen atoms in total. The molecule has 3 rings (SSSR count). The Balaban J connectivity index is 1.66. The molecule has 40 heavy (non-hydrogen) atoms. The number of hydrogen-bond acceptors (Lipinski definition) is 10. The number of methoxy groups -OCH3 is 2. The maximum absolute atomic E-state index is 12.4. The van der Waals surface area contributed by atoms with Crippen molar-refractivity contribution in [1.82, 2.24) is 16.1 Å². The Morgan fingerprint density at radius 3 is 2.52 bits per heavy atom. The van der Waals surface area contributed by atoms with Crippen molar-refractivity contribution in [3.63, 3.8) is 0 Å². The second-order valence-electron chi connectivity index (χ2n) is 8.67. The number of allylic oxidation sites excluding steroid dienone is 1. The lowest BCUT2D eigenvalue weighted by Crippen LogP contribution is -2.45. The summed E-state index contributed by atoms with van der Waals surface area (Å²) in [7, 11) is 2.84. The zero-order valence-corrected chi connectivity index (χ0v) is 23.3. The minimum Gasteiger partial charge on any atom is -0.493 e. The van der Waals surface area contributed by atoms with Crippen LogP contribution in [0.4, 0.5) is 4.79 Å².